The number of hydroxylamine groups is 6. The van der Waals surface area contributed by atoms with E-state index in [4.69, 9.17) is 14.1 Å². The van der Waals surface area contributed by atoms with Crippen LogP contribution in [-0.2, 0) is 120 Å². The Morgan fingerprint density at radius 2 is 0.886 bits per heavy atom. The zero-order chi connectivity index (χ0) is 65.3. The Morgan fingerprint density at radius 1 is 0.466 bits per heavy atom. The molecule has 6 rings (SSSR count). The standard InChI is InChI=1S/C24H30N4O9.C16H19N3O8.C12H12N2O9S/c1-16-7-10-23(35)28(16)37-24(36)6-2-4-17(29)14-26-20(32)9-8-18(30)15-25-19(31)5-3-13-27-21(33)11-12-22(27)34;20-11(5-8-18-12(21)1-2-13(18)22)17-7-10-26-9-6-16(25)27-19-14(23)3-4-15(19)24;15-8-1-2-9(16)13(8)6-5-7(24(20,21)22)12(19)23-14-10(17)3-4-11(14)18/h11-12H,1-10,13-15H2,(H,25,31)(H,26,32);1-2H,3-10H2,(H,17,20);1-2,7H,3-6H2,(H,20,21,22). The van der Waals surface area contributed by atoms with Crippen molar-refractivity contribution in [2.24, 2.45) is 0 Å². The van der Waals surface area contributed by atoms with Gasteiger partial charge in [-0.15, -0.1) is 15.2 Å². The van der Waals surface area contributed by atoms with Gasteiger partial charge in [0.05, 0.1) is 38.4 Å². The summed E-state index contributed by atoms with van der Waals surface area (Å²) >= 11 is 0. The summed E-state index contributed by atoms with van der Waals surface area (Å²) in [6.45, 7) is 3.03. The van der Waals surface area contributed by atoms with Crippen LogP contribution < -0.4 is 16.0 Å². The Morgan fingerprint density at radius 3 is 1.39 bits per heavy atom. The van der Waals surface area contributed by atoms with Crippen LogP contribution in [0.1, 0.15) is 103 Å². The number of ether oxygens (including phenoxy) is 1. The molecule has 1 atom stereocenters. The molecule has 6 aliphatic heterocycles. The number of hydrogen-bond donors (Lipinski definition) is 4. The van der Waals surface area contributed by atoms with Crippen LogP contribution in [0.3, 0.4) is 0 Å². The fraction of sp³-hybridized carbons (Fsp3) is 0.481. The lowest BCUT2D eigenvalue weighted by molar-refractivity contribution is -0.198. The summed E-state index contributed by atoms with van der Waals surface area (Å²) in [5, 5.41) is 6.67. The zero-order valence-electron chi connectivity index (χ0n) is 47.0. The number of ketones is 2. The van der Waals surface area contributed by atoms with Crippen LogP contribution in [0.2, 0.25) is 0 Å². The number of amides is 14. The van der Waals surface area contributed by atoms with Gasteiger partial charge in [-0.05, 0) is 25.7 Å². The Balaban J connectivity index is 0.000000290. The highest BCUT2D eigenvalue weighted by Crippen LogP contribution is 2.22. The maximum absolute atomic E-state index is 11.9. The molecule has 88 heavy (non-hydrogen) atoms. The highest BCUT2D eigenvalue weighted by Gasteiger charge is 2.40. The van der Waals surface area contributed by atoms with E-state index in [1.54, 1.807) is 0 Å². The minimum Gasteiger partial charge on any atom is -0.379 e. The van der Waals surface area contributed by atoms with Crippen molar-refractivity contribution in [1.82, 2.24) is 45.8 Å². The van der Waals surface area contributed by atoms with Crippen LogP contribution in [0.5, 0.6) is 0 Å². The molecule has 0 aromatic heterocycles. The minimum atomic E-state index is -4.96. The molecule has 36 heteroatoms. The van der Waals surface area contributed by atoms with Crippen molar-refractivity contribution in [2.45, 2.75) is 108 Å². The summed E-state index contributed by atoms with van der Waals surface area (Å²) in [6, 6.07) is 0. The molecule has 0 aliphatic carbocycles. The van der Waals surface area contributed by atoms with Crippen LogP contribution in [0.15, 0.2) is 48.7 Å². The summed E-state index contributed by atoms with van der Waals surface area (Å²) in [6.07, 6.45) is 6.14. The fourth-order valence-electron chi connectivity index (χ4n) is 7.75. The minimum absolute atomic E-state index is 0.00284. The van der Waals surface area contributed by atoms with Gasteiger partial charge >= 0.3 is 17.9 Å². The molecule has 3 saturated heterocycles. The third-order valence-electron chi connectivity index (χ3n) is 12.5. The smallest absolute Gasteiger partial charge is 0.353 e. The van der Waals surface area contributed by atoms with E-state index in [2.05, 4.69) is 32.2 Å². The number of hydrogen-bond acceptors (Lipinski definition) is 25. The second-order valence-electron chi connectivity index (χ2n) is 19.1. The van der Waals surface area contributed by atoms with Gasteiger partial charge < -0.3 is 35.2 Å². The normalized spacial score (nSPS) is 16.6. The number of Topliss-reactive ketones (excluding diaryl/α,β-unsaturated/α-hetero) is 2. The molecule has 0 bridgehead atoms. The molecule has 35 nitrogen and oxygen atoms in total. The van der Waals surface area contributed by atoms with E-state index >= 15 is 0 Å². The predicted molar refractivity (Wildman–Crippen MR) is 285 cm³/mol. The van der Waals surface area contributed by atoms with E-state index in [0.717, 1.165) is 51.3 Å². The molecule has 4 N–H and O–H groups in total. The molecule has 6 aliphatic rings. The van der Waals surface area contributed by atoms with Crippen LogP contribution in [0, 0.1) is 0 Å². The average Bonchev–Trinajstić information content (AvgIpc) is 4.44. The van der Waals surface area contributed by atoms with Gasteiger partial charge in [0.15, 0.2) is 16.8 Å². The largest absolute Gasteiger partial charge is 0.379 e. The van der Waals surface area contributed by atoms with Gasteiger partial charge in [0.2, 0.25) is 17.7 Å². The molecular weight excluding hydrogens is 1200 g/mol. The predicted octanol–water partition coefficient (Wildman–Crippen LogP) is -3.80. The van der Waals surface area contributed by atoms with Gasteiger partial charge in [-0.3, -0.25) is 96.0 Å². The molecule has 6 heterocycles. The van der Waals surface area contributed by atoms with Crippen LogP contribution in [-0.4, -0.2) is 213 Å². The average molecular weight is 1260 g/mol. The van der Waals surface area contributed by atoms with E-state index in [0.29, 0.717) is 22.1 Å². The number of carbonyl (C=O) groups is 19. The molecule has 1 unspecified atom stereocenters. The van der Waals surface area contributed by atoms with Crippen molar-refractivity contribution >= 4 is 122 Å². The molecule has 0 saturated carbocycles. The fourth-order valence-corrected chi connectivity index (χ4v) is 8.43. The second kappa shape index (κ2) is 34.3. The molecule has 0 aromatic rings. The van der Waals surface area contributed by atoms with E-state index in [1.165, 1.54) is 0 Å². The lowest BCUT2D eigenvalue weighted by atomic mass is 10.1. The van der Waals surface area contributed by atoms with Gasteiger partial charge in [0.1, 0.15) is 0 Å². The van der Waals surface area contributed by atoms with Gasteiger partial charge in [-0.2, -0.15) is 8.42 Å². The lowest BCUT2D eigenvalue weighted by Gasteiger charge is -2.19. The zero-order valence-corrected chi connectivity index (χ0v) is 47.8. The maximum atomic E-state index is 11.9. The van der Waals surface area contributed by atoms with Crippen molar-refractivity contribution in [1.29, 1.82) is 0 Å². The molecule has 14 amide bonds. The summed E-state index contributed by atoms with van der Waals surface area (Å²) < 4.78 is 37.0. The van der Waals surface area contributed by atoms with E-state index in [9.17, 15) is 99.5 Å². The number of allylic oxidation sites excluding steroid dienone is 1. The Labute approximate surface area is 499 Å². The van der Waals surface area contributed by atoms with E-state index in [-0.39, 0.29) is 164 Å². The highest BCUT2D eigenvalue weighted by atomic mass is 32.2. The number of nitrogens with one attached hydrogen (secondary N) is 3. The van der Waals surface area contributed by atoms with Crippen LogP contribution in [0.25, 0.3) is 0 Å². The summed E-state index contributed by atoms with van der Waals surface area (Å²) in [7, 11) is -4.96. The number of carbonyl (C=O) groups excluding carboxylic acids is 19. The van der Waals surface area contributed by atoms with Crippen LogP contribution >= 0.6 is 0 Å². The summed E-state index contributed by atoms with van der Waals surface area (Å²) in [5.74, 6) is -11.2. The third kappa shape index (κ3) is 23.2. The summed E-state index contributed by atoms with van der Waals surface area (Å²) in [5.41, 5.74) is 0.404. The molecule has 3 fully saturated rings. The van der Waals surface area contributed by atoms with E-state index < -0.39 is 117 Å². The van der Waals surface area contributed by atoms with Gasteiger partial charge in [0, 0.05) is 133 Å². The first-order chi connectivity index (χ1) is 41.5. The molecular formula is C52H61N9O26S. The first-order valence-corrected chi connectivity index (χ1v) is 28.4. The van der Waals surface area contributed by atoms with Gasteiger partial charge in [-0.1, -0.05) is 6.58 Å². The first-order valence-electron chi connectivity index (χ1n) is 26.9. The van der Waals surface area contributed by atoms with Crippen LogP contribution in [0.4, 0.5) is 0 Å². The topological polar surface area (TPSA) is 471 Å². The molecule has 0 aromatic carbocycles. The van der Waals surface area contributed by atoms with Gasteiger partial charge in [-0.25, -0.2) is 14.4 Å². The van der Waals surface area contributed by atoms with Crippen molar-refractivity contribution in [3.05, 3.63) is 48.7 Å². The van der Waals surface area contributed by atoms with Crippen molar-refractivity contribution in [3.8, 4) is 0 Å². The number of imide groups is 5. The summed E-state index contributed by atoms with van der Waals surface area (Å²) in [4.78, 5) is 236. The van der Waals surface area contributed by atoms with E-state index in [1.807, 2.05) is 0 Å². The highest BCUT2D eigenvalue weighted by molar-refractivity contribution is 7.87. The monoisotopic (exact) mass is 1260 g/mol. The molecule has 0 radical (unpaired) electrons. The number of rotatable bonds is 32. The third-order valence-corrected chi connectivity index (χ3v) is 13.6. The Hall–Kier alpha value is -9.84. The quantitative estimate of drug-likeness (QED) is 0.0285. The Kier molecular flexibility index (Phi) is 27.6. The SMILES string of the molecule is C=C1CCC(=O)N1OC(=O)CCCC(=O)CNC(=O)CCC(=O)CNC(=O)CCCN1C(=O)C=CC1=O.O=C(CCN1C(=O)C=CC1=O)NCCOCCC(=O)ON1C(=O)CCC1=O.O=C(ON1C(=O)CCC1=O)C(CCN1C(=O)C=CC1=O)S(=O)(=O)O. The molecule has 0 spiro atoms. The van der Waals surface area contributed by atoms with Crippen molar-refractivity contribution < 1.29 is 123 Å². The van der Waals surface area contributed by atoms with Gasteiger partial charge in [0.25, 0.3) is 75.1 Å². The Bertz CT molecular complexity index is 3000. The molecule has 476 valence electrons. The number of nitrogens with zero attached hydrogens (tertiary/aromatic N) is 6. The lowest BCUT2D eigenvalue weighted by Crippen LogP contribution is -2.42. The maximum Gasteiger partial charge on any atom is 0.353 e. The van der Waals surface area contributed by atoms with Crippen molar-refractivity contribution in [2.75, 3.05) is 52.5 Å². The second-order valence-corrected chi connectivity index (χ2v) is 20.7. The first kappa shape index (κ1) is 70.6. The van der Waals surface area contributed by atoms with Crippen molar-refractivity contribution in [3.63, 3.8) is 0 Å².